The predicted octanol–water partition coefficient (Wildman–Crippen LogP) is 9.61. The molecule has 3 aromatic heterocycles. The molecule has 47 heavy (non-hydrogen) atoms. The fourth-order valence-corrected chi connectivity index (χ4v) is 14.5. The van der Waals surface area contributed by atoms with Gasteiger partial charge < -0.3 is 0 Å². The molecule has 4 nitrogen and oxygen atoms in total. The van der Waals surface area contributed by atoms with Crippen molar-refractivity contribution in [3.8, 4) is 39.6 Å². The zero-order valence-electron chi connectivity index (χ0n) is 26.0. The Labute approximate surface area is 274 Å². The monoisotopic (exact) mass is 665 g/mol. The van der Waals surface area contributed by atoms with E-state index in [2.05, 4.69) is 143 Å². The molecule has 0 bridgehead atoms. The van der Waals surface area contributed by atoms with Crippen LogP contribution in [0.15, 0.2) is 144 Å². The number of rotatable bonds is 3. The fourth-order valence-electron chi connectivity index (χ4n) is 7.76. The first-order chi connectivity index (χ1) is 23.1. The summed E-state index contributed by atoms with van der Waals surface area (Å²) in [7, 11) is 0. The summed E-state index contributed by atoms with van der Waals surface area (Å²) in [5.41, 5.74) is 10.9. The fraction of sp³-hybridized carbons (Fsp3) is 0.0476. The van der Waals surface area contributed by atoms with E-state index in [9.17, 15) is 0 Å². The van der Waals surface area contributed by atoms with Crippen LogP contribution in [0.2, 0.25) is 11.5 Å². The first-order valence-electron chi connectivity index (χ1n) is 16.1. The van der Waals surface area contributed by atoms with Gasteiger partial charge in [-0.25, -0.2) is 0 Å². The third kappa shape index (κ3) is 3.82. The first-order valence-corrected chi connectivity index (χ1v) is 22.4. The number of para-hydroxylation sites is 2. The molecule has 4 heterocycles. The summed E-state index contributed by atoms with van der Waals surface area (Å²) >= 11 is -2.90. The molecule has 0 fully saturated rings. The van der Waals surface area contributed by atoms with Crippen LogP contribution in [0.4, 0.5) is 0 Å². The van der Waals surface area contributed by atoms with Crippen molar-refractivity contribution in [2.75, 3.05) is 0 Å². The summed E-state index contributed by atoms with van der Waals surface area (Å²) in [6, 6.07) is 49.6. The Balaban J connectivity index is 1.23. The van der Waals surface area contributed by atoms with Gasteiger partial charge in [-0.2, -0.15) is 0 Å². The number of aromatic nitrogens is 3. The zero-order chi connectivity index (χ0) is 31.3. The Kier molecular flexibility index (Phi) is 5.56. The predicted molar refractivity (Wildman–Crippen MR) is 197 cm³/mol. The standard InChI is InChI=1S/C42H29GeN3O/c1-43(2)34-23-28(46-35-19-11-9-17-29(35)32-24-33-30-18-10-12-20-37(30)47-38(33)25-36(32)46)21-22-31(34)41-39(43)40(26-13-5-3-6-14-26)44-42(45-41)27-15-7-4-8-16-27/h3-25H,1-2H3. The van der Waals surface area contributed by atoms with Crippen molar-refractivity contribution in [3.05, 3.63) is 140 Å². The SMILES string of the molecule is [CH3][Ge]1([CH3])[c]2cc(-n3c4ccccc4c4cc5c(cc43)oc3ccccc35)ccc2-c2nc(-c3ccccc3)nc(-c3ccccc3)[c]21. The van der Waals surface area contributed by atoms with Gasteiger partial charge in [0, 0.05) is 0 Å². The van der Waals surface area contributed by atoms with Crippen LogP contribution in [-0.4, -0.2) is 27.8 Å². The second-order valence-electron chi connectivity index (χ2n) is 13.0. The Bertz CT molecular complexity index is 2710. The molecule has 0 saturated carbocycles. The van der Waals surface area contributed by atoms with Crippen molar-refractivity contribution >= 4 is 65.8 Å². The van der Waals surface area contributed by atoms with E-state index in [4.69, 9.17) is 14.4 Å². The third-order valence-electron chi connectivity index (χ3n) is 9.97. The summed E-state index contributed by atoms with van der Waals surface area (Å²) < 4.78 is 11.6. The Morgan fingerprint density at radius 2 is 1.21 bits per heavy atom. The molecule has 0 unspecified atom stereocenters. The quantitative estimate of drug-likeness (QED) is 0.177. The first kappa shape index (κ1) is 26.7. The summed E-state index contributed by atoms with van der Waals surface area (Å²) in [4.78, 5) is 10.6. The maximum atomic E-state index is 6.38. The molecule has 9 aromatic rings. The van der Waals surface area contributed by atoms with Gasteiger partial charge in [-0.1, -0.05) is 0 Å². The molecule has 0 atom stereocenters. The number of fused-ring (bicyclic) bond motifs is 9. The van der Waals surface area contributed by atoms with Crippen molar-refractivity contribution in [2.24, 2.45) is 0 Å². The second-order valence-corrected chi connectivity index (χ2v) is 22.0. The molecule has 1 aliphatic heterocycles. The van der Waals surface area contributed by atoms with Crippen molar-refractivity contribution in [3.63, 3.8) is 0 Å². The average Bonchev–Trinajstić information content (AvgIpc) is 3.72. The normalized spacial score (nSPS) is 13.5. The molecule has 0 radical (unpaired) electrons. The van der Waals surface area contributed by atoms with Crippen LogP contribution in [0, 0.1) is 0 Å². The Morgan fingerprint density at radius 3 is 2.02 bits per heavy atom. The van der Waals surface area contributed by atoms with E-state index in [1.54, 1.807) is 0 Å². The van der Waals surface area contributed by atoms with Crippen molar-refractivity contribution in [2.45, 2.75) is 11.5 Å². The molecule has 0 N–H and O–H groups in total. The molecular weight excluding hydrogens is 635 g/mol. The van der Waals surface area contributed by atoms with Crippen molar-refractivity contribution < 1.29 is 4.42 Å². The van der Waals surface area contributed by atoms with E-state index in [-0.39, 0.29) is 0 Å². The minimum absolute atomic E-state index is 0.774. The molecule has 0 amide bonds. The van der Waals surface area contributed by atoms with Crippen molar-refractivity contribution in [1.82, 2.24) is 14.5 Å². The van der Waals surface area contributed by atoms with Crippen LogP contribution in [0.3, 0.4) is 0 Å². The van der Waals surface area contributed by atoms with Gasteiger partial charge in [-0.3, -0.25) is 0 Å². The van der Waals surface area contributed by atoms with Crippen molar-refractivity contribution in [1.29, 1.82) is 0 Å². The van der Waals surface area contributed by atoms with Crippen LogP contribution in [-0.2, 0) is 0 Å². The number of furan rings is 1. The van der Waals surface area contributed by atoms with E-state index < -0.39 is 13.3 Å². The molecule has 0 spiro atoms. The number of hydrogen-bond donors (Lipinski definition) is 0. The Hall–Kier alpha value is -5.46. The Morgan fingerprint density at radius 1 is 0.532 bits per heavy atom. The van der Waals surface area contributed by atoms with E-state index >= 15 is 0 Å². The van der Waals surface area contributed by atoms with Gasteiger partial charge in [0.1, 0.15) is 0 Å². The minimum atomic E-state index is -2.90. The summed E-state index contributed by atoms with van der Waals surface area (Å²) in [5.74, 6) is 5.77. The summed E-state index contributed by atoms with van der Waals surface area (Å²) in [6.07, 6.45) is 0. The molecular formula is C42H29GeN3O. The van der Waals surface area contributed by atoms with Crippen LogP contribution < -0.4 is 8.79 Å². The molecule has 1 aliphatic rings. The number of nitrogens with zero attached hydrogens (tertiary/aromatic N) is 3. The third-order valence-corrected chi connectivity index (χ3v) is 17.3. The number of benzene rings is 6. The van der Waals surface area contributed by atoms with Gasteiger partial charge in [0.15, 0.2) is 0 Å². The van der Waals surface area contributed by atoms with E-state index in [1.807, 2.05) is 12.1 Å². The van der Waals surface area contributed by atoms with Gasteiger partial charge >= 0.3 is 275 Å². The van der Waals surface area contributed by atoms with Crippen LogP contribution >= 0.6 is 0 Å². The molecule has 5 heteroatoms. The molecule has 0 saturated heterocycles. The second kappa shape index (κ2) is 9.77. The molecule has 6 aromatic carbocycles. The van der Waals surface area contributed by atoms with Gasteiger partial charge in [-0.05, 0) is 0 Å². The van der Waals surface area contributed by atoms with E-state index in [0.29, 0.717) is 0 Å². The van der Waals surface area contributed by atoms with Crippen LogP contribution in [0.5, 0.6) is 0 Å². The molecule has 222 valence electrons. The summed E-state index contributed by atoms with van der Waals surface area (Å²) in [6.45, 7) is 0. The topological polar surface area (TPSA) is 43.9 Å². The van der Waals surface area contributed by atoms with Crippen LogP contribution in [0.1, 0.15) is 0 Å². The van der Waals surface area contributed by atoms with Gasteiger partial charge in [0.05, 0.1) is 0 Å². The number of hydrogen-bond acceptors (Lipinski definition) is 3. The van der Waals surface area contributed by atoms with Crippen LogP contribution in [0.25, 0.3) is 83.3 Å². The van der Waals surface area contributed by atoms with E-state index in [0.717, 1.165) is 61.5 Å². The zero-order valence-corrected chi connectivity index (χ0v) is 28.1. The summed E-state index contributed by atoms with van der Waals surface area (Å²) in [5, 5.41) is 4.77. The maximum absolute atomic E-state index is 6.38. The van der Waals surface area contributed by atoms with E-state index in [1.165, 1.54) is 30.6 Å². The average molecular weight is 664 g/mol. The van der Waals surface area contributed by atoms with Gasteiger partial charge in [0.2, 0.25) is 0 Å². The van der Waals surface area contributed by atoms with Gasteiger partial charge in [-0.15, -0.1) is 0 Å². The molecule has 10 rings (SSSR count). The van der Waals surface area contributed by atoms with Gasteiger partial charge in [0.25, 0.3) is 0 Å². The molecule has 0 aliphatic carbocycles.